The quantitative estimate of drug-likeness (QED) is 0.691. The molecule has 1 saturated heterocycles. The molecular formula is C24H31N3O4S. The number of sulfonamides is 1. The van der Waals surface area contributed by atoms with Crippen molar-refractivity contribution in [2.45, 2.75) is 43.9 Å². The maximum atomic E-state index is 12.8. The van der Waals surface area contributed by atoms with E-state index < -0.39 is 10.0 Å². The average molecular weight is 458 g/mol. The highest BCUT2D eigenvalue weighted by molar-refractivity contribution is 7.92. The molecule has 0 unspecified atom stereocenters. The molecule has 2 aromatic rings. The van der Waals surface area contributed by atoms with E-state index in [0.717, 1.165) is 44.3 Å². The van der Waals surface area contributed by atoms with E-state index >= 15 is 0 Å². The molecule has 1 aliphatic heterocycles. The second-order valence-corrected chi connectivity index (χ2v) is 10.1. The lowest BCUT2D eigenvalue weighted by Gasteiger charge is -2.20. The molecule has 0 saturated carbocycles. The van der Waals surface area contributed by atoms with Crippen LogP contribution in [0.1, 0.15) is 48.0 Å². The first-order chi connectivity index (χ1) is 15.3. The molecule has 0 aromatic heterocycles. The largest absolute Gasteiger partial charge is 0.352 e. The van der Waals surface area contributed by atoms with Crippen LogP contribution in [-0.4, -0.2) is 51.8 Å². The van der Waals surface area contributed by atoms with Gasteiger partial charge in [0.1, 0.15) is 0 Å². The highest BCUT2D eigenvalue weighted by Gasteiger charge is 2.21. The molecule has 172 valence electrons. The average Bonchev–Trinajstić information content (AvgIpc) is 3.08. The van der Waals surface area contributed by atoms with E-state index in [2.05, 4.69) is 5.32 Å². The molecule has 0 spiro atoms. The molecule has 32 heavy (non-hydrogen) atoms. The second kappa shape index (κ2) is 10.6. The summed E-state index contributed by atoms with van der Waals surface area (Å²) in [5.41, 5.74) is 1.85. The predicted molar refractivity (Wildman–Crippen MR) is 125 cm³/mol. The Kier molecular flexibility index (Phi) is 7.90. The summed E-state index contributed by atoms with van der Waals surface area (Å²) in [6.07, 6.45) is 4.69. The third kappa shape index (κ3) is 5.88. The van der Waals surface area contributed by atoms with Crippen LogP contribution in [0, 0.1) is 6.92 Å². The number of amides is 2. The van der Waals surface area contributed by atoms with E-state index in [9.17, 15) is 18.0 Å². The van der Waals surface area contributed by atoms with Crippen molar-refractivity contribution in [3.05, 3.63) is 59.7 Å². The normalized spacial score (nSPS) is 14.5. The number of rotatable bonds is 7. The Labute approximate surface area is 190 Å². The van der Waals surface area contributed by atoms with Gasteiger partial charge in [-0.15, -0.1) is 0 Å². The molecule has 0 bridgehead atoms. The van der Waals surface area contributed by atoms with Crippen molar-refractivity contribution in [3.8, 4) is 0 Å². The van der Waals surface area contributed by atoms with Crippen LogP contribution in [0.5, 0.6) is 0 Å². The number of carbonyl (C=O) groups is 2. The van der Waals surface area contributed by atoms with Gasteiger partial charge in [-0.2, -0.15) is 0 Å². The van der Waals surface area contributed by atoms with Gasteiger partial charge in [-0.05, 0) is 56.2 Å². The maximum absolute atomic E-state index is 12.8. The van der Waals surface area contributed by atoms with Crippen molar-refractivity contribution in [2.24, 2.45) is 0 Å². The summed E-state index contributed by atoms with van der Waals surface area (Å²) in [4.78, 5) is 26.8. The van der Waals surface area contributed by atoms with E-state index in [0.29, 0.717) is 11.3 Å². The van der Waals surface area contributed by atoms with Gasteiger partial charge in [0.05, 0.1) is 10.6 Å². The molecule has 1 heterocycles. The Bertz CT molecular complexity index is 1030. The van der Waals surface area contributed by atoms with Gasteiger partial charge in [0.25, 0.3) is 15.9 Å². The van der Waals surface area contributed by atoms with Gasteiger partial charge in [-0.1, -0.05) is 30.5 Å². The number of carbonyl (C=O) groups excluding carboxylic acids is 2. The van der Waals surface area contributed by atoms with Crippen molar-refractivity contribution in [2.75, 3.05) is 31.0 Å². The first-order valence-electron chi connectivity index (χ1n) is 11.0. The number of benzene rings is 2. The minimum Gasteiger partial charge on any atom is -0.352 e. The summed E-state index contributed by atoms with van der Waals surface area (Å²) in [6.45, 7) is 3.77. The summed E-state index contributed by atoms with van der Waals surface area (Å²) in [5.74, 6) is -0.213. The van der Waals surface area contributed by atoms with E-state index in [-0.39, 0.29) is 29.7 Å². The van der Waals surface area contributed by atoms with Crippen LogP contribution in [0.4, 0.5) is 5.69 Å². The van der Waals surface area contributed by atoms with Crippen molar-refractivity contribution in [3.63, 3.8) is 0 Å². The fourth-order valence-electron chi connectivity index (χ4n) is 3.69. The van der Waals surface area contributed by atoms with Crippen LogP contribution in [0.25, 0.3) is 0 Å². The first-order valence-corrected chi connectivity index (χ1v) is 12.4. The molecule has 1 N–H and O–H groups in total. The van der Waals surface area contributed by atoms with E-state index in [1.165, 1.54) is 11.4 Å². The van der Waals surface area contributed by atoms with E-state index in [1.807, 2.05) is 11.8 Å². The monoisotopic (exact) mass is 457 g/mol. The fourth-order valence-corrected chi connectivity index (χ4v) is 4.89. The maximum Gasteiger partial charge on any atom is 0.264 e. The summed E-state index contributed by atoms with van der Waals surface area (Å²) < 4.78 is 26.9. The van der Waals surface area contributed by atoms with Gasteiger partial charge >= 0.3 is 0 Å². The van der Waals surface area contributed by atoms with E-state index in [1.54, 1.807) is 48.5 Å². The fraction of sp³-hybridized carbons (Fsp3) is 0.417. The number of likely N-dealkylation sites (tertiary alicyclic amines) is 1. The van der Waals surface area contributed by atoms with E-state index in [4.69, 9.17) is 0 Å². The van der Waals surface area contributed by atoms with Crippen molar-refractivity contribution < 1.29 is 18.0 Å². The molecule has 0 atom stereocenters. The topological polar surface area (TPSA) is 86.8 Å². The van der Waals surface area contributed by atoms with Gasteiger partial charge in [-0.3, -0.25) is 13.9 Å². The number of hydrogen-bond acceptors (Lipinski definition) is 4. The molecular weight excluding hydrogens is 426 g/mol. The lowest BCUT2D eigenvalue weighted by Crippen LogP contribution is -2.35. The third-order valence-electron chi connectivity index (χ3n) is 5.76. The van der Waals surface area contributed by atoms with Gasteiger partial charge in [0.2, 0.25) is 5.91 Å². The molecule has 2 amide bonds. The number of anilines is 1. The molecule has 1 aliphatic rings. The zero-order valence-corrected chi connectivity index (χ0v) is 19.5. The summed E-state index contributed by atoms with van der Waals surface area (Å²) >= 11 is 0. The van der Waals surface area contributed by atoms with Crippen LogP contribution in [-0.2, 0) is 14.8 Å². The van der Waals surface area contributed by atoms with Crippen LogP contribution in [0.3, 0.4) is 0 Å². The standard InChI is InChI=1S/C24H31N3O4S/c1-19-7-13-22(14-8-19)32(30,31)26(2)21-11-9-20(10-12-21)24(29)25-16-15-23(28)27-17-5-3-4-6-18-27/h7-14H,3-6,15-18H2,1-2H3,(H,25,29). The molecule has 0 radical (unpaired) electrons. The number of nitrogens with zero attached hydrogens (tertiary/aromatic N) is 2. The summed E-state index contributed by atoms with van der Waals surface area (Å²) in [5, 5.41) is 2.78. The Hall–Kier alpha value is -2.87. The van der Waals surface area contributed by atoms with Crippen LogP contribution in [0.15, 0.2) is 53.4 Å². The van der Waals surface area contributed by atoms with Crippen LogP contribution < -0.4 is 9.62 Å². The van der Waals surface area contributed by atoms with Crippen molar-refractivity contribution in [1.82, 2.24) is 10.2 Å². The molecule has 8 heteroatoms. The Morgan fingerprint density at radius 1 is 0.938 bits per heavy atom. The highest BCUT2D eigenvalue weighted by atomic mass is 32.2. The van der Waals surface area contributed by atoms with Crippen molar-refractivity contribution >= 4 is 27.5 Å². The van der Waals surface area contributed by atoms with Gasteiger partial charge < -0.3 is 10.2 Å². The summed E-state index contributed by atoms with van der Waals surface area (Å²) in [6, 6.07) is 13.0. The van der Waals surface area contributed by atoms with Gasteiger partial charge in [-0.25, -0.2) is 8.42 Å². The molecule has 3 rings (SSSR count). The lowest BCUT2D eigenvalue weighted by molar-refractivity contribution is -0.131. The number of nitrogens with one attached hydrogen (secondary N) is 1. The minimum atomic E-state index is -3.69. The van der Waals surface area contributed by atoms with Crippen LogP contribution >= 0.6 is 0 Å². The summed E-state index contributed by atoms with van der Waals surface area (Å²) in [7, 11) is -2.20. The van der Waals surface area contributed by atoms with Crippen LogP contribution in [0.2, 0.25) is 0 Å². The smallest absolute Gasteiger partial charge is 0.264 e. The Morgan fingerprint density at radius 3 is 2.12 bits per heavy atom. The third-order valence-corrected chi connectivity index (χ3v) is 7.56. The molecule has 2 aromatic carbocycles. The van der Waals surface area contributed by atoms with Gasteiger partial charge in [0.15, 0.2) is 0 Å². The zero-order chi connectivity index (χ0) is 23.1. The Balaban J connectivity index is 1.55. The number of hydrogen-bond donors (Lipinski definition) is 1. The SMILES string of the molecule is Cc1ccc(S(=O)(=O)N(C)c2ccc(C(=O)NCCC(=O)N3CCCCCC3)cc2)cc1. The highest BCUT2D eigenvalue weighted by Crippen LogP contribution is 2.22. The molecule has 1 fully saturated rings. The zero-order valence-electron chi connectivity index (χ0n) is 18.7. The Morgan fingerprint density at radius 2 is 1.53 bits per heavy atom. The minimum absolute atomic E-state index is 0.0745. The first kappa shape index (κ1) is 23.8. The number of aryl methyl sites for hydroxylation is 1. The lowest BCUT2D eigenvalue weighted by atomic mass is 10.2. The van der Waals surface area contributed by atoms with Crippen molar-refractivity contribution in [1.29, 1.82) is 0 Å². The molecule has 7 nitrogen and oxygen atoms in total. The van der Waals surface area contributed by atoms with Gasteiger partial charge in [0, 0.05) is 38.7 Å². The second-order valence-electron chi connectivity index (χ2n) is 8.13. The molecule has 0 aliphatic carbocycles. The predicted octanol–water partition coefficient (Wildman–Crippen LogP) is 3.34.